The number of hydrogen-bond donors (Lipinski definition) is 0. The van der Waals surface area contributed by atoms with Crippen LogP contribution in [0, 0.1) is 0 Å². The number of rotatable bonds is 4. The van der Waals surface area contributed by atoms with Gasteiger partial charge in [-0.2, -0.15) is 32.4 Å². The number of nitrogens with zero attached hydrogens (tertiary/aromatic N) is 3. The van der Waals surface area contributed by atoms with Gasteiger partial charge in [-0.15, -0.1) is 0 Å². The zero-order chi connectivity index (χ0) is 23.5. The quantitative estimate of drug-likeness (QED) is 0.471. The van der Waals surface area contributed by atoms with Crippen LogP contribution >= 0.6 is 0 Å². The van der Waals surface area contributed by atoms with E-state index < -0.39 is 11.9 Å². The van der Waals surface area contributed by atoms with Crippen LogP contribution in [-0.4, -0.2) is 27.4 Å². The minimum atomic E-state index is -4.56. The highest BCUT2D eigenvalue weighted by Gasteiger charge is 2.34. The Bertz CT molecular complexity index is 1370. The molecule has 4 aromatic rings. The summed E-state index contributed by atoms with van der Waals surface area (Å²) in [6.45, 7) is 2.59. The van der Waals surface area contributed by atoms with Crippen molar-refractivity contribution >= 4 is 22.6 Å². The van der Waals surface area contributed by atoms with Crippen LogP contribution in [0.2, 0.25) is 0 Å². The fourth-order valence-electron chi connectivity index (χ4n) is 3.51. The number of pyridine rings is 2. The summed E-state index contributed by atoms with van der Waals surface area (Å²) in [6.07, 6.45) is -3.50. The van der Waals surface area contributed by atoms with E-state index in [2.05, 4.69) is 5.10 Å². The average molecular weight is 445 g/mol. The highest BCUT2D eigenvalue weighted by Crippen LogP contribution is 2.35. The lowest BCUT2D eigenvalue weighted by molar-refractivity contribution is -0.191. The first-order valence-electron chi connectivity index (χ1n) is 9.52. The molecule has 0 aliphatic carbocycles. The third kappa shape index (κ3) is 4.26. The fourth-order valence-corrected chi connectivity index (χ4v) is 3.51. The summed E-state index contributed by atoms with van der Waals surface area (Å²) in [7, 11) is 1.38. The molecular formula is C22H18F3N3O4. The summed E-state index contributed by atoms with van der Waals surface area (Å²) >= 11 is 0. The second-order valence-electron chi connectivity index (χ2n) is 6.79. The Hall–Kier alpha value is -3.91. The number of hydrogen-bond acceptors (Lipinski definition) is 5. The largest absolute Gasteiger partial charge is 0.481 e. The van der Waals surface area contributed by atoms with Gasteiger partial charge in [-0.05, 0) is 47.7 Å². The predicted octanol–water partition coefficient (Wildman–Crippen LogP) is 4.17. The molecule has 0 aliphatic heterocycles. The van der Waals surface area contributed by atoms with Gasteiger partial charge < -0.3 is 9.30 Å². The van der Waals surface area contributed by atoms with Crippen LogP contribution in [0.3, 0.4) is 0 Å². The van der Waals surface area contributed by atoms with E-state index in [4.69, 9.17) is 14.3 Å². The van der Waals surface area contributed by atoms with Gasteiger partial charge in [-0.1, -0.05) is 13.0 Å². The first-order valence-corrected chi connectivity index (χ1v) is 9.52. The smallest absolute Gasteiger partial charge is 0.435 e. The van der Waals surface area contributed by atoms with Crippen molar-refractivity contribution in [3.63, 3.8) is 0 Å². The van der Waals surface area contributed by atoms with Gasteiger partial charge in [-0.3, -0.25) is 4.79 Å². The molecule has 10 heteroatoms. The molecule has 0 saturated heterocycles. The summed E-state index contributed by atoms with van der Waals surface area (Å²) in [5.74, 6) is 0.205. The number of ether oxygens (including phenoxy) is 1. The highest BCUT2D eigenvalue weighted by atomic mass is 19.4. The number of carbonyl (C=O) groups excluding carboxylic acids is 2. The Morgan fingerprint density at radius 3 is 2.38 bits per heavy atom. The van der Waals surface area contributed by atoms with Gasteiger partial charge in [0, 0.05) is 24.2 Å². The molecule has 0 spiro atoms. The molecule has 4 rings (SSSR count). The molecule has 0 amide bonds. The SMILES string of the molecule is CCCn1c(=O)ccc2cc(-c3ccc(OC)n4nc(C(F)(F)F)cc34)ccc21.O=C=O. The number of halogens is 3. The fraction of sp³-hybridized carbons (Fsp3) is 0.227. The second kappa shape index (κ2) is 9.07. The zero-order valence-electron chi connectivity index (χ0n) is 17.1. The molecule has 0 N–H and O–H groups in total. The lowest BCUT2D eigenvalue weighted by Crippen LogP contribution is -2.18. The summed E-state index contributed by atoms with van der Waals surface area (Å²) in [6, 6.07) is 13.0. The maximum absolute atomic E-state index is 13.2. The Labute approximate surface area is 179 Å². The van der Waals surface area contributed by atoms with Gasteiger partial charge in [0.1, 0.15) is 0 Å². The monoisotopic (exact) mass is 445 g/mol. The van der Waals surface area contributed by atoms with Crippen molar-refractivity contribution < 1.29 is 27.5 Å². The highest BCUT2D eigenvalue weighted by molar-refractivity contribution is 5.89. The molecule has 0 saturated carbocycles. The lowest BCUT2D eigenvalue weighted by Gasteiger charge is -2.12. The topological polar surface area (TPSA) is 82.7 Å². The van der Waals surface area contributed by atoms with Gasteiger partial charge >= 0.3 is 12.3 Å². The van der Waals surface area contributed by atoms with Crippen LogP contribution < -0.4 is 10.3 Å². The molecule has 1 aromatic carbocycles. The Morgan fingerprint density at radius 2 is 1.75 bits per heavy atom. The standard InChI is InChI=1S/C21H18F3N3O2.CO2/c1-3-10-26-16-7-4-13(11-14(16)5-8-19(26)28)15-6-9-20(29-2)27-17(15)12-18(25-27)21(22,23)24;2-1-3/h4-9,11-12H,3,10H2,1-2H3;. The maximum Gasteiger partial charge on any atom is 0.435 e. The average Bonchev–Trinajstić information content (AvgIpc) is 3.21. The van der Waals surface area contributed by atoms with Crippen LogP contribution in [0.1, 0.15) is 19.0 Å². The minimum Gasteiger partial charge on any atom is -0.481 e. The Balaban J connectivity index is 0.000000913. The van der Waals surface area contributed by atoms with E-state index in [0.717, 1.165) is 33.5 Å². The maximum atomic E-state index is 13.2. The van der Waals surface area contributed by atoms with Crippen molar-refractivity contribution in [3.8, 4) is 17.0 Å². The van der Waals surface area contributed by atoms with Crippen molar-refractivity contribution in [1.29, 1.82) is 0 Å². The van der Waals surface area contributed by atoms with Crippen LogP contribution in [0.4, 0.5) is 13.2 Å². The first-order chi connectivity index (χ1) is 15.2. The molecular weight excluding hydrogens is 427 g/mol. The zero-order valence-corrected chi connectivity index (χ0v) is 17.1. The Kier molecular flexibility index (Phi) is 6.45. The van der Waals surface area contributed by atoms with Crippen molar-refractivity contribution in [3.05, 3.63) is 64.6 Å². The van der Waals surface area contributed by atoms with E-state index in [-0.39, 0.29) is 23.1 Å². The summed E-state index contributed by atoms with van der Waals surface area (Å²) in [5.41, 5.74) is 1.32. The van der Waals surface area contributed by atoms with E-state index in [1.165, 1.54) is 13.2 Å². The minimum absolute atomic E-state index is 0.0791. The van der Waals surface area contributed by atoms with Crippen molar-refractivity contribution in [2.24, 2.45) is 0 Å². The molecule has 3 aromatic heterocycles. The van der Waals surface area contributed by atoms with Gasteiger partial charge in [0.15, 0.2) is 5.69 Å². The summed E-state index contributed by atoms with van der Waals surface area (Å²) < 4.78 is 47.6. The second-order valence-corrected chi connectivity index (χ2v) is 6.79. The molecule has 7 nitrogen and oxygen atoms in total. The van der Waals surface area contributed by atoms with Gasteiger partial charge in [-0.25, -0.2) is 0 Å². The van der Waals surface area contributed by atoms with Crippen LogP contribution in [0.5, 0.6) is 5.88 Å². The summed E-state index contributed by atoms with van der Waals surface area (Å²) in [4.78, 5) is 28.4. The third-order valence-corrected chi connectivity index (χ3v) is 4.83. The predicted molar refractivity (Wildman–Crippen MR) is 109 cm³/mol. The molecule has 0 unspecified atom stereocenters. The van der Waals surface area contributed by atoms with E-state index in [0.29, 0.717) is 12.1 Å². The Morgan fingerprint density at radius 1 is 1.03 bits per heavy atom. The van der Waals surface area contributed by atoms with Crippen LogP contribution in [0.25, 0.3) is 27.5 Å². The number of methoxy groups -OCH3 is 1. The molecule has 32 heavy (non-hydrogen) atoms. The van der Waals surface area contributed by atoms with E-state index >= 15 is 0 Å². The molecule has 0 atom stereocenters. The van der Waals surface area contributed by atoms with Crippen molar-refractivity contribution in [2.45, 2.75) is 26.1 Å². The first kappa shape index (κ1) is 22.8. The molecule has 0 radical (unpaired) electrons. The van der Waals surface area contributed by atoms with E-state index in [9.17, 15) is 18.0 Å². The van der Waals surface area contributed by atoms with E-state index in [1.807, 2.05) is 19.1 Å². The molecule has 0 fully saturated rings. The van der Waals surface area contributed by atoms with Crippen LogP contribution in [-0.2, 0) is 22.3 Å². The van der Waals surface area contributed by atoms with Gasteiger partial charge in [0.2, 0.25) is 5.88 Å². The number of alkyl halides is 3. The normalized spacial score (nSPS) is 11.2. The number of fused-ring (bicyclic) bond motifs is 2. The number of benzene rings is 1. The number of aryl methyl sites for hydroxylation is 1. The van der Waals surface area contributed by atoms with Crippen LogP contribution in [0.15, 0.2) is 53.3 Å². The lowest BCUT2D eigenvalue weighted by atomic mass is 10.0. The van der Waals surface area contributed by atoms with E-state index in [1.54, 1.807) is 28.8 Å². The molecule has 3 heterocycles. The molecule has 166 valence electrons. The molecule has 0 aliphatic rings. The third-order valence-electron chi connectivity index (χ3n) is 4.83. The van der Waals surface area contributed by atoms with Gasteiger partial charge in [0.05, 0.1) is 18.1 Å². The number of aromatic nitrogens is 3. The van der Waals surface area contributed by atoms with Crippen molar-refractivity contribution in [1.82, 2.24) is 14.2 Å². The summed E-state index contributed by atoms with van der Waals surface area (Å²) in [5, 5.41) is 4.51. The van der Waals surface area contributed by atoms with Crippen molar-refractivity contribution in [2.75, 3.05) is 7.11 Å². The van der Waals surface area contributed by atoms with Gasteiger partial charge in [0.25, 0.3) is 5.56 Å². The molecule has 0 bridgehead atoms.